The summed E-state index contributed by atoms with van der Waals surface area (Å²) in [6.07, 6.45) is 1.59. The number of benzene rings is 1. The number of sulfonamides is 1. The predicted octanol–water partition coefficient (Wildman–Crippen LogP) is 0.976. The van der Waals surface area contributed by atoms with Crippen LogP contribution in [0.1, 0.15) is 21.5 Å². The van der Waals surface area contributed by atoms with Crippen LogP contribution in [-0.2, 0) is 16.6 Å². The molecule has 2 aromatic rings. The van der Waals surface area contributed by atoms with Crippen LogP contribution in [-0.4, -0.2) is 26.4 Å². The van der Waals surface area contributed by atoms with Crippen molar-refractivity contribution in [2.45, 2.75) is 18.4 Å². The van der Waals surface area contributed by atoms with E-state index in [9.17, 15) is 13.2 Å². The molecule has 0 saturated carbocycles. The smallest absolute Gasteiger partial charge is 0.251 e. The maximum absolute atomic E-state index is 12.3. The predicted molar refractivity (Wildman–Crippen MR) is 84.5 cm³/mol. The number of pyridine rings is 1. The fraction of sp³-hybridized carbons (Fsp3) is 0.200. The number of hydrogen-bond acceptors (Lipinski definition) is 5. The van der Waals surface area contributed by atoms with Gasteiger partial charge in [0.25, 0.3) is 5.91 Å². The topological polar surface area (TPSA) is 111 Å². The number of hydrogen-bond donors (Lipinski definition) is 2. The first-order chi connectivity index (χ1) is 10.8. The molecule has 2 rings (SSSR count). The molecule has 0 unspecified atom stereocenters. The Morgan fingerprint density at radius 2 is 2.09 bits per heavy atom. The van der Waals surface area contributed by atoms with Crippen LogP contribution < -0.4 is 15.2 Å². The first-order valence-electron chi connectivity index (χ1n) is 6.72. The van der Waals surface area contributed by atoms with Gasteiger partial charge in [-0.3, -0.25) is 4.79 Å². The number of carbonyl (C=O) groups excluding carboxylic acids is 1. The first kappa shape index (κ1) is 16.9. The lowest BCUT2D eigenvalue weighted by Gasteiger charge is -2.11. The largest absolute Gasteiger partial charge is 0.481 e. The molecule has 0 atom stereocenters. The van der Waals surface area contributed by atoms with Crippen LogP contribution in [0.15, 0.2) is 41.4 Å². The van der Waals surface area contributed by atoms with Gasteiger partial charge < -0.3 is 10.1 Å². The summed E-state index contributed by atoms with van der Waals surface area (Å²) in [5.41, 5.74) is 1.61. The lowest BCUT2D eigenvalue weighted by atomic mass is 10.1. The zero-order valence-electron chi connectivity index (χ0n) is 12.7. The maximum atomic E-state index is 12.3. The minimum Gasteiger partial charge on any atom is -0.481 e. The van der Waals surface area contributed by atoms with E-state index in [1.165, 1.54) is 19.2 Å². The number of carbonyl (C=O) groups is 1. The Bertz CT molecular complexity index is 834. The van der Waals surface area contributed by atoms with Gasteiger partial charge >= 0.3 is 0 Å². The Kier molecular flexibility index (Phi) is 4.97. The third-order valence-electron chi connectivity index (χ3n) is 3.26. The van der Waals surface area contributed by atoms with E-state index in [2.05, 4.69) is 10.3 Å². The standard InChI is InChI=1S/C15H17N3O4S/c1-10-5-6-12(23(16,20)21)8-13(10)14(19)18-9-11-4-3-7-17-15(11)22-2/h3-8H,9H2,1-2H3,(H,18,19)(H2,16,20,21). The highest BCUT2D eigenvalue weighted by molar-refractivity contribution is 7.89. The van der Waals surface area contributed by atoms with E-state index in [0.29, 0.717) is 17.0 Å². The summed E-state index contributed by atoms with van der Waals surface area (Å²) in [7, 11) is -2.37. The van der Waals surface area contributed by atoms with Crippen LogP contribution in [0, 0.1) is 6.92 Å². The SMILES string of the molecule is COc1ncccc1CNC(=O)c1cc(S(N)(=O)=O)ccc1C. The number of nitrogens with zero attached hydrogens (tertiary/aromatic N) is 1. The lowest BCUT2D eigenvalue weighted by Crippen LogP contribution is -2.24. The van der Waals surface area contributed by atoms with Gasteiger partial charge in [0.2, 0.25) is 15.9 Å². The molecule has 1 aromatic heterocycles. The van der Waals surface area contributed by atoms with E-state index >= 15 is 0 Å². The highest BCUT2D eigenvalue weighted by Gasteiger charge is 2.15. The molecular weight excluding hydrogens is 318 g/mol. The maximum Gasteiger partial charge on any atom is 0.251 e. The van der Waals surface area contributed by atoms with Crippen LogP contribution in [0.3, 0.4) is 0 Å². The second-order valence-electron chi connectivity index (χ2n) is 4.88. The van der Waals surface area contributed by atoms with E-state index < -0.39 is 15.9 Å². The Morgan fingerprint density at radius 3 is 2.74 bits per heavy atom. The number of methoxy groups -OCH3 is 1. The Balaban J connectivity index is 2.21. The number of rotatable bonds is 5. The summed E-state index contributed by atoms with van der Waals surface area (Å²) in [4.78, 5) is 16.2. The van der Waals surface area contributed by atoms with Gasteiger partial charge in [-0.15, -0.1) is 0 Å². The van der Waals surface area contributed by atoms with Gasteiger partial charge in [0, 0.05) is 23.9 Å². The van der Waals surface area contributed by atoms with E-state index in [0.717, 1.165) is 0 Å². The van der Waals surface area contributed by atoms with Crippen LogP contribution >= 0.6 is 0 Å². The minimum atomic E-state index is -3.86. The molecule has 0 spiro atoms. The molecule has 122 valence electrons. The molecule has 7 nitrogen and oxygen atoms in total. The highest BCUT2D eigenvalue weighted by Crippen LogP contribution is 2.16. The van der Waals surface area contributed by atoms with Gasteiger partial charge in [-0.05, 0) is 30.7 Å². The van der Waals surface area contributed by atoms with E-state index in [-0.39, 0.29) is 17.0 Å². The van der Waals surface area contributed by atoms with Crippen molar-refractivity contribution in [3.63, 3.8) is 0 Å². The van der Waals surface area contributed by atoms with Crippen molar-refractivity contribution < 1.29 is 17.9 Å². The summed E-state index contributed by atoms with van der Waals surface area (Å²) in [5, 5.41) is 7.81. The number of aryl methyl sites for hydroxylation is 1. The molecule has 23 heavy (non-hydrogen) atoms. The molecular formula is C15H17N3O4S. The summed E-state index contributed by atoms with van der Waals surface area (Å²) in [5.74, 6) is 0.0155. The molecule has 8 heteroatoms. The monoisotopic (exact) mass is 335 g/mol. The van der Waals surface area contributed by atoms with Crippen molar-refractivity contribution in [2.75, 3.05) is 7.11 Å². The number of nitrogens with one attached hydrogen (secondary N) is 1. The van der Waals surface area contributed by atoms with Crippen molar-refractivity contribution in [3.05, 3.63) is 53.2 Å². The summed E-state index contributed by atoms with van der Waals surface area (Å²) < 4.78 is 27.9. The molecule has 0 radical (unpaired) electrons. The molecule has 0 aliphatic carbocycles. The van der Waals surface area contributed by atoms with Crippen molar-refractivity contribution in [1.29, 1.82) is 0 Å². The third kappa shape index (κ3) is 4.05. The summed E-state index contributed by atoms with van der Waals surface area (Å²) >= 11 is 0. The minimum absolute atomic E-state index is 0.104. The summed E-state index contributed by atoms with van der Waals surface area (Å²) in [6.45, 7) is 1.92. The molecule has 1 aromatic carbocycles. The number of nitrogens with two attached hydrogens (primary N) is 1. The van der Waals surface area contributed by atoms with Crippen molar-refractivity contribution in [2.24, 2.45) is 5.14 Å². The average molecular weight is 335 g/mol. The van der Waals surface area contributed by atoms with Crippen molar-refractivity contribution in [1.82, 2.24) is 10.3 Å². The average Bonchev–Trinajstić information content (AvgIpc) is 2.52. The highest BCUT2D eigenvalue weighted by atomic mass is 32.2. The molecule has 1 heterocycles. The third-order valence-corrected chi connectivity index (χ3v) is 4.18. The Labute approximate surface area is 134 Å². The van der Waals surface area contributed by atoms with Gasteiger partial charge in [0.05, 0.1) is 12.0 Å². The van der Waals surface area contributed by atoms with Gasteiger partial charge in [0.15, 0.2) is 0 Å². The fourth-order valence-electron chi connectivity index (χ4n) is 2.04. The van der Waals surface area contributed by atoms with Gasteiger partial charge in [-0.1, -0.05) is 12.1 Å². The zero-order chi connectivity index (χ0) is 17.0. The number of ether oxygens (including phenoxy) is 1. The van der Waals surface area contributed by atoms with Crippen molar-refractivity contribution >= 4 is 15.9 Å². The number of primary sulfonamides is 1. The molecule has 0 bridgehead atoms. The van der Waals surface area contributed by atoms with Gasteiger partial charge in [-0.25, -0.2) is 18.5 Å². The van der Waals surface area contributed by atoms with E-state index in [1.54, 1.807) is 31.3 Å². The Morgan fingerprint density at radius 1 is 1.35 bits per heavy atom. The Hall–Kier alpha value is -2.45. The summed E-state index contributed by atoms with van der Waals surface area (Å²) in [6, 6.07) is 7.68. The second-order valence-corrected chi connectivity index (χ2v) is 6.44. The van der Waals surface area contributed by atoms with Crippen LogP contribution in [0.2, 0.25) is 0 Å². The molecule has 0 saturated heterocycles. The molecule has 0 aliphatic rings. The molecule has 0 aliphatic heterocycles. The van der Waals surface area contributed by atoms with Gasteiger partial charge in [0.1, 0.15) is 0 Å². The molecule has 0 fully saturated rings. The van der Waals surface area contributed by atoms with Crippen molar-refractivity contribution in [3.8, 4) is 5.88 Å². The van der Waals surface area contributed by atoms with E-state index in [1.807, 2.05) is 0 Å². The van der Waals surface area contributed by atoms with Crippen LogP contribution in [0.4, 0.5) is 0 Å². The number of aromatic nitrogens is 1. The zero-order valence-corrected chi connectivity index (χ0v) is 13.6. The normalized spacial score (nSPS) is 11.1. The van der Waals surface area contributed by atoms with E-state index in [4.69, 9.17) is 9.88 Å². The second kappa shape index (κ2) is 6.76. The van der Waals surface area contributed by atoms with Crippen LogP contribution in [0.25, 0.3) is 0 Å². The number of amides is 1. The molecule has 3 N–H and O–H groups in total. The molecule has 1 amide bonds. The fourth-order valence-corrected chi connectivity index (χ4v) is 2.58. The lowest BCUT2D eigenvalue weighted by molar-refractivity contribution is 0.0950. The van der Waals surface area contributed by atoms with Crippen LogP contribution in [0.5, 0.6) is 5.88 Å². The first-order valence-corrected chi connectivity index (χ1v) is 8.27. The quantitative estimate of drug-likeness (QED) is 0.846. The van der Waals surface area contributed by atoms with Gasteiger partial charge in [-0.2, -0.15) is 0 Å².